The van der Waals surface area contributed by atoms with Crippen molar-refractivity contribution in [3.63, 3.8) is 0 Å². The summed E-state index contributed by atoms with van der Waals surface area (Å²) in [5.74, 6) is 0.293. The number of ether oxygens (including phenoxy) is 1. The fourth-order valence-electron chi connectivity index (χ4n) is 1.79. The van der Waals surface area contributed by atoms with Crippen molar-refractivity contribution in [2.75, 3.05) is 13.7 Å². The highest BCUT2D eigenvalue weighted by Crippen LogP contribution is 2.34. The second-order valence-electron chi connectivity index (χ2n) is 4.59. The third kappa shape index (κ3) is 3.68. The number of methoxy groups -OCH3 is 1. The Labute approximate surface area is 117 Å². The summed E-state index contributed by atoms with van der Waals surface area (Å²) in [6, 6.07) is 5.83. The van der Waals surface area contributed by atoms with E-state index in [2.05, 4.69) is 22.9 Å². The van der Waals surface area contributed by atoms with E-state index in [1.54, 1.807) is 7.11 Å². The predicted molar refractivity (Wildman–Crippen MR) is 76.3 cm³/mol. The van der Waals surface area contributed by atoms with Gasteiger partial charge in [0.1, 0.15) is 0 Å². The van der Waals surface area contributed by atoms with Crippen LogP contribution in [0.2, 0.25) is 5.02 Å². The van der Waals surface area contributed by atoms with Crippen LogP contribution in [0.25, 0.3) is 0 Å². The number of hydrogen-bond acceptors (Lipinski definition) is 2. The molecule has 0 heterocycles. The highest BCUT2D eigenvalue weighted by atomic mass is 79.9. The number of rotatable bonds is 5. The van der Waals surface area contributed by atoms with Crippen LogP contribution in [0.4, 0.5) is 0 Å². The fraction of sp³-hybridized carbons (Fsp3) is 0.538. The lowest BCUT2D eigenvalue weighted by Crippen LogP contribution is -2.40. The first kappa shape index (κ1) is 15.0. The first-order valence-electron chi connectivity index (χ1n) is 5.63. The summed E-state index contributed by atoms with van der Waals surface area (Å²) in [6.07, 6.45) is 0.913. The third-order valence-corrected chi connectivity index (χ3v) is 4.10. The molecule has 1 aromatic rings. The van der Waals surface area contributed by atoms with Crippen LogP contribution in [-0.4, -0.2) is 13.7 Å². The smallest absolute Gasteiger partial charge is 0.0467 e. The molecule has 0 saturated heterocycles. The second-order valence-corrected chi connectivity index (χ2v) is 5.91. The lowest BCUT2D eigenvalue weighted by atomic mass is 9.80. The minimum absolute atomic E-state index is 0.293. The number of hydrogen-bond donors (Lipinski definition) is 1. The molecular weight excluding hydrogens is 302 g/mol. The van der Waals surface area contributed by atoms with Gasteiger partial charge in [-0.25, -0.2) is 0 Å². The zero-order valence-corrected chi connectivity index (χ0v) is 12.8. The summed E-state index contributed by atoms with van der Waals surface area (Å²) in [5, 5.41) is 0.702. The molecule has 4 heteroatoms. The molecule has 0 saturated carbocycles. The van der Waals surface area contributed by atoms with Crippen molar-refractivity contribution >= 4 is 27.5 Å². The van der Waals surface area contributed by atoms with Gasteiger partial charge in [0.15, 0.2) is 0 Å². The van der Waals surface area contributed by atoms with Crippen molar-refractivity contribution in [2.24, 2.45) is 11.7 Å². The quantitative estimate of drug-likeness (QED) is 0.891. The largest absolute Gasteiger partial charge is 0.385 e. The molecule has 0 bridgehead atoms. The Balaban J connectivity index is 2.95. The summed E-state index contributed by atoms with van der Waals surface area (Å²) in [6.45, 7) is 4.85. The Morgan fingerprint density at radius 1 is 1.53 bits per heavy atom. The summed E-state index contributed by atoms with van der Waals surface area (Å²) in [7, 11) is 1.70. The average molecular weight is 321 g/mol. The first-order chi connectivity index (χ1) is 7.89. The second kappa shape index (κ2) is 6.19. The summed E-state index contributed by atoms with van der Waals surface area (Å²) < 4.78 is 6.06. The highest BCUT2D eigenvalue weighted by Gasteiger charge is 2.30. The molecule has 1 aromatic carbocycles. The summed E-state index contributed by atoms with van der Waals surface area (Å²) in [5.41, 5.74) is 6.95. The molecule has 0 fully saturated rings. The molecule has 2 nitrogen and oxygen atoms in total. The zero-order valence-electron chi connectivity index (χ0n) is 10.5. The highest BCUT2D eigenvalue weighted by molar-refractivity contribution is 9.10. The molecule has 2 unspecified atom stereocenters. The van der Waals surface area contributed by atoms with Crippen molar-refractivity contribution in [1.29, 1.82) is 0 Å². The van der Waals surface area contributed by atoms with E-state index in [9.17, 15) is 0 Å². The van der Waals surface area contributed by atoms with Gasteiger partial charge in [0.05, 0.1) is 0 Å². The lowest BCUT2D eigenvalue weighted by molar-refractivity contribution is 0.159. The van der Waals surface area contributed by atoms with Crippen molar-refractivity contribution in [2.45, 2.75) is 25.8 Å². The Hall–Kier alpha value is -0.0900. The number of nitrogens with two attached hydrogens (primary N) is 1. The van der Waals surface area contributed by atoms with Crippen molar-refractivity contribution < 1.29 is 4.74 Å². The molecule has 2 N–H and O–H groups in total. The summed E-state index contributed by atoms with van der Waals surface area (Å²) >= 11 is 9.65. The Morgan fingerprint density at radius 2 is 2.18 bits per heavy atom. The number of halogens is 2. The predicted octanol–water partition coefficient (Wildman–Crippen LogP) is 3.95. The maximum atomic E-state index is 6.42. The van der Waals surface area contributed by atoms with E-state index in [4.69, 9.17) is 22.1 Å². The minimum Gasteiger partial charge on any atom is -0.385 e. The Bertz CT molecular complexity index is 382. The maximum Gasteiger partial charge on any atom is 0.0467 e. The minimum atomic E-state index is -0.448. The lowest BCUT2D eigenvalue weighted by Gasteiger charge is -2.33. The average Bonchev–Trinajstić information content (AvgIpc) is 2.25. The molecule has 96 valence electrons. The molecule has 2 atom stereocenters. The van der Waals surface area contributed by atoms with Gasteiger partial charge in [-0.3, -0.25) is 0 Å². The van der Waals surface area contributed by atoms with Gasteiger partial charge < -0.3 is 10.5 Å². The van der Waals surface area contributed by atoms with Crippen molar-refractivity contribution in [1.82, 2.24) is 0 Å². The fourth-order valence-corrected chi connectivity index (χ4v) is 2.66. The van der Waals surface area contributed by atoms with E-state index in [-0.39, 0.29) is 0 Å². The molecule has 0 amide bonds. The van der Waals surface area contributed by atoms with Gasteiger partial charge in [0.2, 0.25) is 0 Å². The van der Waals surface area contributed by atoms with Crippen molar-refractivity contribution in [3.8, 4) is 0 Å². The van der Waals surface area contributed by atoms with Crippen LogP contribution in [0.1, 0.15) is 25.8 Å². The molecule has 0 radical (unpaired) electrons. The van der Waals surface area contributed by atoms with Crippen LogP contribution >= 0.6 is 27.5 Å². The van der Waals surface area contributed by atoms with Gasteiger partial charge in [-0.2, -0.15) is 0 Å². The third-order valence-electron chi connectivity index (χ3n) is 3.29. The van der Waals surface area contributed by atoms with Gasteiger partial charge in [-0.15, -0.1) is 0 Å². The maximum absolute atomic E-state index is 6.42. The molecule has 0 spiro atoms. The molecule has 0 aromatic heterocycles. The SMILES string of the molecule is COCCC(C)C(C)(N)c1ccc(Br)cc1Cl. The van der Waals surface area contributed by atoms with Gasteiger partial charge in [0, 0.05) is 28.8 Å². The van der Waals surface area contributed by atoms with Crippen LogP contribution in [0.15, 0.2) is 22.7 Å². The molecular formula is C13H19BrClNO. The topological polar surface area (TPSA) is 35.2 Å². The van der Waals surface area contributed by atoms with Crippen LogP contribution < -0.4 is 5.73 Å². The van der Waals surface area contributed by atoms with E-state index >= 15 is 0 Å². The standard InChI is InChI=1S/C13H19BrClNO/c1-9(6-7-17-3)13(2,16)11-5-4-10(14)8-12(11)15/h4-5,8-9H,6-7,16H2,1-3H3. The van der Waals surface area contributed by atoms with Crippen molar-refractivity contribution in [3.05, 3.63) is 33.3 Å². The first-order valence-corrected chi connectivity index (χ1v) is 6.80. The number of benzene rings is 1. The molecule has 0 aliphatic rings. The van der Waals surface area contributed by atoms with E-state index in [1.807, 2.05) is 25.1 Å². The van der Waals surface area contributed by atoms with E-state index < -0.39 is 5.54 Å². The Kier molecular flexibility index (Phi) is 5.45. The van der Waals surface area contributed by atoms with Gasteiger partial charge in [-0.1, -0.05) is 40.5 Å². The van der Waals surface area contributed by atoms with E-state index in [1.165, 1.54) is 0 Å². The molecule has 0 aliphatic heterocycles. The van der Waals surface area contributed by atoms with E-state index in [0.717, 1.165) is 16.5 Å². The zero-order chi connectivity index (χ0) is 13.1. The summed E-state index contributed by atoms with van der Waals surface area (Å²) in [4.78, 5) is 0. The van der Waals surface area contributed by atoms with Crippen LogP contribution in [0, 0.1) is 5.92 Å². The molecule has 1 rings (SSSR count). The Morgan fingerprint density at radius 3 is 2.71 bits per heavy atom. The molecule has 17 heavy (non-hydrogen) atoms. The van der Waals surface area contributed by atoms with Crippen LogP contribution in [0.3, 0.4) is 0 Å². The monoisotopic (exact) mass is 319 g/mol. The molecule has 0 aliphatic carbocycles. The van der Waals surface area contributed by atoms with Crippen LogP contribution in [0.5, 0.6) is 0 Å². The van der Waals surface area contributed by atoms with E-state index in [0.29, 0.717) is 17.5 Å². The van der Waals surface area contributed by atoms with Gasteiger partial charge in [-0.05, 0) is 37.0 Å². The normalized spacial score (nSPS) is 16.6. The van der Waals surface area contributed by atoms with Gasteiger partial charge >= 0.3 is 0 Å². The van der Waals surface area contributed by atoms with Gasteiger partial charge in [0.25, 0.3) is 0 Å². The van der Waals surface area contributed by atoms with Crippen LogP contribution in [-0.2, 0) is 10.3 Å².